The van der Waals surface area contributed by atoms with Gasteiger partial charge in [-0.1, -0.05) is 24.3 Å². The number of nitriles is 2. The number of nitrogens with zero attached hydrogens (tertiary/aromatic N) is 3. The third-order valence-corrected chi connectivity index (χ3v) is 4.31. The van der Waals surface area contributed by atoms with Gasteiger partial charge in [0.15, 0.2) is 0 Å². The molecule has 0 heterocycles. The van der Waals surface area contributed by atoms with E-state index in [1.807, 2.05) is 0 Å². The van der Waals surface area contributed by atoms with Gasteiger partial charge in [-0.3, -0.25) is 5.43 Å². The summed E-state index contributed by atoms with van der Waals surface area (Å²) >= 11 is 0. The van der Waals surface area contributed by atoms with E-state index in [1.54, 1.807) is 49.4 Å². The van der Waals surface area contributed by atoms with Crippen LogP contribution in [0.15, 0.2) is 58.5 Å². The fourth-order valence-electron chi connectivity index (χ4n) is 1.78. The minimum absolute atomic E-state index is 0.0398. The molecule has 0 unspecified atom stereocenters. The van der Waals surface area contributed by atoms with E-state index in [2.05, 4.69) is 10.5 Å². The van der Waals surface area contributed by atoms with E-state index in [9.17, 15) is 8.42 Å². The molecule has 0 saturated heterocycles. The van der Waals surface area contributed by atoms with Gasteiger partial charge in [-0.25, -0.2) is 0 Å². The summed E-state index contributed by atoms with van der Waals surface area (Å²) in [4.78, 5) is -0.0398. The standard InChI is InChI=1S/C16H12N4O3S/c1-12-7-8-13(19-20-14(10-17)11-18)9-16(12)24(21,22)23-15-5-3-2-4-6-15/h2-9,19H,1H3. The van der Waals surface area contributed by atoms with Crippen LogP contribution in [0, 0.1) is 29.6 Å². The second kappa shape index (κ2) is 7.27. The maximum atomic E-state index is 12.4. The normalized spacial score (nSPS) is 10.1. The summed E-state index contributed by atoms with van der Waals surface area (Å²) < 4.78 is 30.0. The van der Waals surface area contributed by atoms with Crippen LogP contribution in [0.2, 0.25) is 0 Å². The Morgan fingerprint density at radius 3 is 2.42 bits per heavy atom. The van der Waals surface area contributed by atoms with E-state index in [0.29, 0.717) is 11.3 Å². The molecule has 8 heteroatoms. The van der Waals surface area contributed by atoms with Gasteiger partial charge < -0.3 is 4.18 Å². The van der Waals surface area contributed by atoms with Crippen molar-refractivity contribution in [3.8, 4) is 17.9 Å². The van der Waals surface area contributed by atoms with Crippen molar-refractivity contribution in [1.29, 1.82) is 10.5 Å². The molecule has 7 nitrogen and oxygen atoms in total. The first kappa shape index (κ1) is 17.0. The quantitative estimate of drug-likeness (QED) is 0.508. The van der Waals surface area contributed by atoms with Gasteiger partial charge in [-0.2, -0.15) is 24.0 Å². The molecule has 2 aromatic rings. The molecule has 120 valence electrons. The number of benzene rings is 2. The van der Waals surface area contributed by atoms with Crippen molar-refractivity contribution in [2.75, 3.05) is 5.43 Å². The molecule has 2 aromatic carbocycles. The highest BCUT2D eigenvalue weighted by Gasteiger charge is 2.20. The Bertz CT molecular complexity index is 939. The van der Waals surface area contributed by atoms with Gasteiger partial charge in [-0.15, -0.1) is 0 Å². The van der Waals surface area contributed by atoms with Crippen LogP contribution in [0.5, 0.6) is 5.75 Å². The number of hydrazone groups is 1. The molecule has 0 aliphatic rings. The zero-order valence-electron chi connectivity index (χ0n) is 12.6. The molecule has 0 amide bonds. The van der Waals surface area contributed by atoms with Gasteiger partial charge in [0.05, 0.1) is 5.69 Å². The lowest BCUT2D eigenvalue weighted by molar-refractivity contribution is 0.485. The molecular formula is C16H12N4O3S. The smallest absolute Gasteiger partial charge is 0.339 e. The maximum Gasteiger partial charge on any atom is 0.339 e. The predicted molar refractivity (Wildman–Crippen MR) is 87.7 cm³/mol. The van der Waals surface area contributed by atoms with E-state index in [-0.39, 0.29) is 16.4 Å². The highest BCUT2D eigenvalue weighted by Crippen LogP contribution is 2.24. The first-order valence-electron chi connectivity index (χ1n) is 6.70. The molecule has 24 heavy (non-hydrogen) atoms. The summed E-state index contributed by atoms with van der Waals surface area (Å²) in [6.07, 6.45) is 0. The van der Waals surface area contributed by atoms with Gasteiger partial charge >= 0.3 is 10.1 Å². The van der Waals surface area contributed by atoms with Gasteiger partial charge in [0.1, 0.15) is 22.8 Å². The summed E-state index contributed by atoms with van der Waals surface area (Å²) in [6.45, 7) is 1.63. The third-order valence-electron chi connectivity index (χ3n) is 2.92. The molecule has 0 spiro atoms. The number of anilines is 1. The van der Waals surface area contributed by atoms with Crippen LogP contribution < -0.4 is 9.61 Å². The van der Waals surface area contributed by atoms with Gasteiger partial charge in [0, 0.05) is 0 Å². The number of hydrogen-bond acceptors (Lipinski definition) is 7. The van der Waals surface area contributed by atoms with Crippen molar-refractivity contribution < 1.29 is 12.6 Å². The molecule has 0 fully saturated rings. The number of nitrogens with one attached hydrogen (secondary N) is 1. The largest absolute Gasteiger partial charge is 0.379 e. The van der Waals surface area contributed by atoms with Crippen LogP contribution in [-0.4, -0.2) is 14.1 Å². The molecule has 0 radical (unpaired) electrons. The van der Waals surface area contributed by atoms with E-state index in [4.69, 9.17) is 14.7 Å². The lowest BCUT2D eigenvalue weighted by Crippen LogP contribution is -2.11. The maximum absolute atomic E-state index is 12.4. The highest BCUT2D eigenvalue weighted by atomic mass is 32.2. The predicted octanol–water partition coefficient (Wildman–Crippen LogP) is 2.58. The topological polar surface area (TPSA) is 115 Å². The van der Waals surface area contributed by atoms with Crippen molar-refractivity contribution in [3.05, 3.63) is 54.1 Å². The SMILES string of the molecule is Cc1ccc(NN=C(C#N)C#N)cc1S(=O)(=O)Oc1ccccc1. The zero-order chi connectivity index (χ0) is 17.6. The van der Waals surface area contributed by atoms with Crippen molar-refractivity contribution in [2.45, 2.75) is 11.8 Å². The van der Waals surface area contributed by atoms with E-state index < -0.39 is 10.1 Å². The summed E-state index contributed by atoms with van der Waals surface area (Å²) in [5, 5.41) is 20.9. The molecule has 0 aliphatic carbocycles. The molecule has 0 saturated carbocycles. The molecule has 0 aromatic heterocycles. The van der Waals surface area contributed by atoms with Crippen molar-refractivity contribution in [3.63, 3.8) is 0 Å². The minimum Gasteiger partial charge on any atom is -0.379 e. The number of hydrogen-bond donors (Lipinski definition) is 1. The molecule has 2 rings (SSSR count). The fourth-order valence-corrected chi connectivity index (χ4v) is 2.97. The van der Waals surface area contributed by atoms with Gasteiger partial charge in [-0.05, 0) is 36.8 Å². The Balaban J connectivity index is 2.33. The van der Waals surface area contributed by atoms with Crippen LogP contribution in [0.1, 0.15) is 5.56 Å². The average Bonchev–Trinajstić information content (AvgIpc) is 2.57. The van der Waals surface area contributed by atoms with E-state index >= 15 is 0 Å². The Morgan fingerprint density at radius 2 is 1.79 bits per heavy atom. The highest BCUT2D eigenvalue weighted by molar-refractivity contribution is 7.87. The van der Waals surface area contributed by atoms with Crippen LogP contribution in [-0.2, 0) is 10.1 Å². The van der Waals surface area contributed by atoms with Crippen LogP contribution in [0.25, 0.3) is 0 Å². The Kier molecular flexibility index (Phi) is 5.15. The monoisotopic (exact) mass is 340 g/mol. The first-order chi connectivity index (χ1) is 11.5. The lowest BCUT2D eigenvalue weighted by atomic mass is 10.2. The Labute approximate surface area is 139 Å². The van der Waals surface area contributed by atoms with E-state index in [1.165, 1.54) is 18.2 Å². The van der Waals surface area contributed by atoms with Gasteiger partial charge in [0.25, 0.3) is 0 Å². The van der Waals surface area contributed by atoms with Crippen LogP contribution in [0.3, 0.4) is 0 Å². The summed E-state index contributed by atoms with van der Waals surface area (Å²) in [5.41, 5.74) is 2.89. The first-order valence-corrected chi connectivity index (χ1v) is 8.11. The molecule has 0 bridgehead atoms. The number of aryl methyl sites for hydroxylation is 1. The average molecular weight is 340 g/mol. The van der Waals surface area contributed by atoms with Gasteiger partial charge in [0.2, 0.25) is 5.71 Å². The zero-order valence-corrected chi connectivity index (χ0v) is 13.4. The molecule has 1 N–H and O–H groups in total. The Morgan fingerprint density at radius 1 is 1.12 bits per heavy atom. The fraction of sp³-hybridized carbons (Fsp3) is 0.0625. The second-order valence-corrected chi connectivity index (χ2v) is 6.14. The van der Waals surface area contributed by atoms with Crippen LogP contribution >= 0.6 is 0 Å². The number of para-hydroxylation sites is 1. The molecule has 0 atom stereocenters. The lowest BCUT2D eigenvalue weighted by Gasteiger charge is -2.10. The summed E-state index contributed by atoms with van der Waals surface area (Å²) in [6, 6.07) is 15.8. The Hall–Kier alpha value is -3.36. The molecular weight excluding hydrogens is 328 g/mol. The summed E-state index contributed by atoms with van der Waals surface area (Å²) in [5.74, 6) is 0.199. The minimum atomic E-state index is -4.03. The van der Waals surface area contributed by atoms with Crippen molar-refractivity contribution in [2.24, 2.45) is 5.10 Å². The molecule has 0 aliphatic heterocycles. The summed E-state index contributed by atoms with van der Waals surface area (Å²) in [7, 11) is -4.03. The van der Waals surface area contributed by atoms with Crippen LogP contribution in [0.4, 0.5) is 5.69 Å². The van der Waals surface area contributed by atoms with Crippen molar-refractivity contribution >= 4 is 21.5 Å². The van der Waals surface area contributed by atoms with Crippen molar-refractivity contribution in [1.82, 2.24) is 0 Å². The third kappa shape index (κ3) is 4.09. The second-order valence-electron chi connectivity index (χ2n) is 4.63. The van der Waals surface area contributed by atoms with E-state index in [0.717, 1.165) is 0 Å². The number of rotatable bonds is 5.